The van der Waals surface area contributed by atoms with Crippen LogP contribution in [-0.2, 0) is 4.74 Å². The number of nitro groups is 1. The van der Waals surface area contributed by atoms with Crippen molar-refractivity contribution >= 4 is 11.7 Å². The summed E-state index contributed by atoms with van der Waals surface area (Å²) in [5.41, 5.74) is -0.197. The van der Waals surface area contributed by atoms with Gasteiger partial charge in [-0.15, -0.1) is 0 Å². The van der Waals surface area contributed by atoms with E-state index >= 15 is 0 Å². The van der Waals surface area contributed by atoms with Crippen LogP contribution in [0.15, 0.2) is 28.8 Å². The molecule has 1 heterocycles. The lowest BCUT2D eigenvalue weighted by Crippen LogP contribution is -2.02. The Morgan fingerprint density at radius 3 is 2.85 bits per heavy atom. The number of esters is 1. The third kappa shape index (κ3) is 2.63. The molecule has 0 unspecified atom stereocenters. The second kappa shape index (κ2) is 5.47. The smallest absolute Gasteiger partial charge is 0.377 e. The Labute approximate surface area is 112 Å². The van der Waals surface area contributed by atoms with E-state index in [9.17, 15) is 19.3 Å². The van der Waals surface area contributed by atoms with Gasteiger partial charge in [0.25, 0.3) is 0 Å². The van der Waals surface area contributed by atoms with Crippen molar-refractivity contribution in [1.82, 2.24) is 5.16 Å². The van der Waals surface area contributed by atoms with Crippen LogP contribution < -0.4 is 0 Å². The highest BCUT2D eigenvalue weighted by molar-refractivity contribution is 5.87. The van der Waals surface area contributed by atoms with E-state index in [1.807, 2.05) is 0 Å². The van der Waals surface area contributed by atoms with E-state index in [4.69, 9.17) is 9.26 Å². The number of nitrogens with zero attached hydrogens (tertiary/aromatic N) is 2. The van der Waals surface area contributed by atoms with Gasteiger partial charge in [-0.2, -0.15) is 4.39 Å². The number of benzene rings is 1. The first-order valence-electron chi connectivity index (χ1n) is 5.61. The number of halogens is 1. The van der Waals surface area contributed by atoms with Crippen LogP contribution >= 0.6 is 0 Å². The largest absolute Gasteiger partial charge is 0.460 e. The molecule has 20 heavy (non-hydrogen) atoms. The molecule has 0 N–H and O–H groups in total. The zero-order chi connectivity index (χ0) is 14.7. The van der Waals surface area contributed by atoms with E-state index in [1.165, 1.54) is 12.1 Å². The Kier molecular flexibility index (Phi) is 3.74. The van der Waals surface area contributed by atoms with Crippen LogP contribution in [-0.4, -0.2) is 22.7 Å². The van der Waals surface area contributed by atoms with Crippen LogP contribution in [0.2, 0.25) is 0 Å². The Balaban J connectivity index is 2.31. The van der Waals surface area contributed by atoms with E-state index in [0.717, 1.165) is 12.1 Å². The maximum absolute atomic E-state index is 13.5. The SMILES string of the molecule is CCOC(=O)c1cc(-c2ccc([N+](=O)[O-])c(F)c2)no1. The lowest BCUT2D eigenvalue weighted by atomic mass is 10.1. The van der Waals surface area contributed by atoms with Crippen molar-refractivity contribution in [3.63, 3.8) is 0 Å². The predicted molar refractivity (Wildman–Crippen MR) is 64.5 cm³/mol. The number of aromatic nitrogens is 1. The van der Waals surface area contributed by atoms with E-state index in [-0.39, 0.29) is 23.6 Å². The molecule has 0 spiro atoms. The average Bonchev–Trinajstić information content (AvgIpc) is 2.88. The monoisotopic (exact) mass is 280 g/mol. The summed E-state index contributed by atoms with van der Waals surface area (Å²) in [5.74, 6) is -1.80. The first-order chi connectivity index (χ1) is 9.52. The van der Waals surface area contributed by atoms with Crippen molar-refractivity contribution in [2.75, 3.05) is 6.61 Å². The van der Waals surface area contributed by atoms with Crippen LogP contribution in [0.3, 0.4) is 0 Å². The zero-order valence-corrected chi connectivity index (χ0v) is 10.3. The van der Waals surface area contributed by atoms with Gasteiger partial charge in [-0.25, -0.2) is 4.79 Å². The molecule has 0 aliphatic carbocycles. The molecule has 7 nitrogen and oxygen atoms in total. The standard InChI is InChI=1S/C12H9FN2O5/c1-2-19-12(16)11-6-9(14-20-11)7-3-4-10(15(17)18)8(13)5-7/h3-6H,2H2,1H3. The Bertz CT molecular complexity index is 668. The number of nitro benzene ring substituents is 1. The Morgan fingerprint density at radius 1 is 1.50 bits per heavy atom. The minimum Gasteiger partial charge on any atom is -0.460 e. The maximum atomic E-state index is 13.5. The fourth-order valence-electron chi connectivity index (χ4n) is 1.52. The molecule has 1 aromatic heterocycles. The van der Waals surface area contributed by atoms with Crippen LogP contribution in [0.25, 0.3) is 11.3 Å². The molecule has 0 fully saturated rings. The van der Waals surface area contributed by atoms with E-state index < -0.39 is 22.4 Å². The molecule has 0 radical (unpaired) electrons. The van der Waals surface area contributed by atoms with Crippen molar-refractivity contribution in [1.29, 1.82) is 0 Å². The highest BCUT2D eigenvalue weighted by Crippen LogP contribution is 2.25. The van der Waals surface area contributed by atoms with Gasteiger partial charge in [0, 0.05) is 17.7 Å². The van der Waals surface area contributed by atoms with Gasteiger partial charge in [-0.05, 0) is 19.1 Å². The second-order valence-electron chi connectivity index (χ2n) is 3.72. The summed E-state index contributed by atoms with van der Waals surface area (Å²) >= 11 is 0. The number of hydrogen-bond acceptors (Lipinski definition) is 6. The molecule has 2 rings (SSSR count). The molecule has 2 aromatic rings. The van der Waals surface area contributed by atoms with Gasteiger partial charge in [0.15, 0.2) is 0 Å². The van der Waals surface area contributed by atoms with Crippen molar-refractivity contribution in [3.8, 4) is 11.3 Å². The zero-order valence-electron chi connectivity index (χ0n) is 10.3. The third-order valence-electron chi connectivity index (χ3n) is 2.43. The van der Waals surface area contributed by atoms with E-state index in [2.05, 4.69) is 5.16 Å². The van der Waals surface area contributed by atoms with Crippen LogP contribution in [0.5, 0.6) is 0 Å². The summed E-state index contributed by atoms with van der Waals surface area (Å²) < 4.78 is 23.0. The van der Waals surface area contributed by atoms with Gasteiger partial charge in [-0.1, -0.05) is 5.16 Å². The molecule has 0 aliphatic rings. The van der Waals surface area contributed by atoms with Gasteiger partial charge in [-0.3, -0.25) is 10.1 Å². The summed E-state index contributed by atoms with van der Waals surface area (Å²) in [6.07, 6.45) is 0. The molecule has 1 aromatic carbocycles. The number of carbonyl (C=O) groups is 1. The van der Waals surface area contributed by atoms with Gasteiger partial charge in [0.2, 0.25) is 11.6 Å². The van der Waals surface area contributed by atoms with Crippen molar-refractivity contribution < 1.29 is 23.4 Å². The molecular formula is C12H9FN2O5. The first-order valence-corrected chi connectivity index (χ1v) is 5.61. The number of carbonyl (C=O) groups excluding carboxylic acids is 1. The molecule has 0 amide bonds. The molecule has 0 bridgehead atoms. The quantitative estimate of drug-likeness (QED) is 0.485. The summed E-state index contributed by atoms with van der Waals surface area (Å²) in [4.78, 5) is 21.1. The summed E-state index contributed by atoms with van der Waals surface area (Å²) in [7, 11) is 0. The van der Waals surface area contributed by atoms with Crippen molar-refractivity contribution in [2.24, 2.45) is 0 Å². The topological polar surface area (TPSA) is 95.5 Å². The van der Waals surface area contributed by atoms with Crippen molar-refractivity contribution in [3.05, 3.63) is 46.0 Å². The number of hydrogen-bond donors (Lipinski definition) is 0. The number of rotatable bonds is 4. The van der Waals surface area contributed by atoms with E-state index in [1.54, 1.807) is 6.92 Å². The minimum absolute atomic E-state index is 0.124. The van der Waals surface area contributed by atoms with Gasteiger partial charge in [0.05, 0.1) is 11.5 Å². The molecular weight excluding hydrogens is 271 g/mol. The first kappa shape index (κ1) is 13.7. The minimum atomic E-state index is -0.992. The average molecular weight is 280 g/mol. The summed E-state index contributed by atoms with van der Waals surface area (Å²) in [5, 5.41) is 14.1. The van der Waals surface area contributed by atoms with Gasteiger partial charge >= 0.3 is 11.7 Å². The van der Waals surface area contributed by atoms with E-state index in [0.29, 0.717) is 0 Å². The van der Waals surface area contributed by atoms with Gasteiger partial charge in [0.1, 0.15) is 5.69 Å². The molecule has 0 saturated carbocycles. The molecule has 8 heteroatoms. The highest BCUT2D eigenvalue weighted by Gasteiger charge is 2.18. The van der Waals surface area contributed by atoms with Gasteiger partial charge < -0.3 is 9.26 Å². The normalized spacial score (nSPS) is 10.3. The molecule has 0 saturated heterocycles. The van der Waals surface area contributed by atoms with Crippen LogP contribution in [0.1, 0.15) is 17.5 Å². The summed E-state index contributed by atoms with van der Waals surface area (Å²) in [6, 6.07) is 4.56. The Morgan fingerprint density at radius 2 is 2.25 bits per heavy atom. The number of ether oxygens (including phenoxy) is 1. The lowest BCUT2D eigenvalue weighted by molar-refractivity contribution is -0.387. The van der Waals surface area contributed by atoms with Crippen LogP contribution in [0.4, 0.5) is 10.1 Å². The molecule has 0 aliphatic heterocycles. The Hall–Kier alpha value is -2.77. The molecule has 104 valence electrons. The molecule has 0 atom stereocenters. The fourth-order valence-corrected chi connectivity index (χ4v) is 1.52. The second-order valence-corrected chi connectivity index (χ2v) is 3.72. The van der Waals surface area contributed by atoms with Crippen LogP contribution in [0, 0.1) is 15.9 Å². The third-order valence-corrected chi connectivity index (χ3v) is 2.43. The fraction of sp³-hybridized carbons (Fsp3) is 0.167. The van der Waals surface area contributed by atoms with Crippen molar-refractivity contribution in [2.45, 2.75) is 6.92 Å². The predicted octanol–water partition coefficient (Wildman–Crippen LogP) is 2.57. The highest BCUT2D eigenvalue weighted by atomic mass is 19.1. The summed E-state index contributed by atoms with van der Waals surface area (Å²) in [6.45, 7) is 1.82. The maximum Gasteiger partial charge on any atom is 0.377 e. The lowest BCUT2D eigenvalue weighted by Gasteiger charge is -1.97.